The van der Waals surface area contributed by atoms with Gasteiger partial charge < -0.3 is 19.1 Å². The molecule has 2 aromatic rings. The highest BCUT2D eigenvalue weighted by molar-refractivity contribution is 5.97. The molecule has 0 bridgehead atoms. The molecule has 0 aliphatic carbocycles. The zero-order valence-electron chi connectivity index (χ0n) is 14.4. The average Bonchev–Trinajstić information content (AvgIpc) is 3.09. The van der Waals surface area contributed by atoms with E-state index in [9.17, 15) is 9.59 Å². The number of hydrogen-bond acceptors (Lipinski definition) is 7. The first-order valence-corrected chi connectivity index (χ1v) is 7.73. The Balaban J connectivity index is 2.14. The average molecular weight is 335 g/mol. The molecule has 0 fully saturated rings. The van der Waals surface area contributed by atoms with Gasteiger partial charge in [0.25, 0.3) is 5.91 Å². The summed E-state index contributed by atoms with van der Waals surface area (Å²) in [6.45, 7) is 8.77. The molecule has 1 unspecified atom stereocenters. The van der Waals surface area contributed by atoms with Crippen molar-refractivity contribution in [3.63, 3.8) is 0 Å². The summed E-state index contributed by atoms with van der Waals surface area (Å²) >= 11 is 0. The Bertz CT molecular complexity index is 732. The third kappa shape index (κ3) is 3.81. The van der Waals surface area contributed by atoms with E-state index in [0.717, 1.165) is 0 Å². The van der Waals surface area contributed by atoms with Crippen LogP contribution in [-0.2, 0) is 16.0 Å². The van der Waals surface area contributed by atoms with E-state index in [1.54, 1.807) is 33.8 Å². The molecule has 2 heterocycles. The van der Waals surface area contributed by atoms with Crippen molar-refractivity contribution in [1.82, 2.24) is 10.3 Å². The molecule has 0 aliphatic rings. The number of esters is 1. The van der Waals surface area contributed by atoms with Crippen molar-refractivity contribution in [2.75, 3.05) is 5.32 Å². The molecule has 2 rings (SSSR count). The minimum Gasteiger partial charge on any atom is -0.448 e. The number of nitrogens with one attached hydrogen (secondary N) is 1. The molecular weight excluding hydrogens is 314 g/mol. The molecule has 8 nitrogen and oxygen atoms in total. The molecule has 0 aromatic carbocycles. The lowest BCUT2D eigenvalue weighted by Crippen LogP contribution is -2.37. The predicted molar refractivity (Wildman–Crippen MR) is 84.5 cm³/mol. The van der Waals surface area contributed by atoms with E-state index in [-0.39, 0.29) is 17.3 Å². The number of carbonyl (C=O) groups is 2. The zero-order valence-corrected chi connectivity index (χ0v) is 14.4. The molecule has 2 aromatic heterocycles. The van der Waals surface area contributed by atoms with Crippen LogP contribution in [0.25, 0.3) is 0 Å². The highest BCUT2D eigenvalue weighted by Crippen LogP contribution is 2.19. The quantitative estimate of drug-likeness (QED) is 0.808. The Kier molecular flexibility index (Phi) is 5.38. The zero-order chi connectivity index (χ0) is 17.9. The summed E-state index contributed by atoms with van der Waals surface area (Å²) in [5.41, 5.74) is 0.778. The van der Waals surface area contributed by atoms with Gasteiger partial charge in [-0.25, -0.2) is 4.79 Å². The number of rotatable bonds is 6. The van der Waals surface area contributed by atoms with Gasteiger partial charge in [-0.15, -0.1) is 0 Å². The summed E-state index contributed by atoms with van der Waals surface area (Å²) in [6, 6.07) is 1.58. The summed E-state index contributed by atoms with van der Waals surface area (Å²) in [7, 11) is 0. The van der Waals surface area contributed by atoms with Crippen molar-refractivity contribution in [2.24, 2.45) is 5.92 Å². The van der Waals surface area contributed by atoms with Crippen LogP contribution in [0.3, 0.4) is 0 Å². The van der Waals surface area contributed by atoms with Gasteiger partial charge in [0.2, 0.25) is 0 Å². The Hall–Kier alpha value is -2.64. The molecule has 1 amide bonds. The van der Waals surface area contributed by atoms with Gasteiger partial charge in [-0.3, -0.25) is 4.79 Å². The Morgan fingerprint density at radius 3 is 2.50 bits per heavy atom. The molecule has 8 heteroatoms. The molecule has 1 N–H and O–H groups in total. The van der Waals surface area contributed by atoms with E-state index in [1.807, 2.05) is 6.92 Å². The number of amides is 1. The second-order valence-electron chi connectivity index (χ2n) is 5.80. The van der Waals surface area contributed by atoms with Crippen LogP contribution in [0.15, 0.2) is 15.1 Å². The second-order valence-corrected chi connectivity index (χ2v) is 5.80. The number of anilines is 1. The third-order valence-corrected chi connectivity index (χ3v) is 3.45. The first kappa shape index (κ1) is 17.7. The van der Waals surface area contributed by atoms with Crippen molar-refractivity contribution in [1.29, 1.82) is 0 Å². The summed E-state index contributed by atoms with van der Waals surface area (Å²) in [5, 5.41) is 10.1. The van der Waals surface area contributed by atoms with Crippen LogP contribution in [0.1, 0.15) is 48.3 Å². The molecule has 24 heavy (non-hydrogen) atoms. The lowest BCUT2D eigenvalue weighted by molar-refractivity contribution is -0.126. The van der Waals surface area contributed by atoms with Crippen LogP contribution in [0.2, 0.25) is 0 Å². The number of nitrogens with zero attached hydrogens (tertiary/aromatic N) is 2. The topological polar surface area (TPSA) is 107 Å². The largest absolute Gasteiger partial charge is 0.448 e. The number of ether oxygens (including phenoxy) is 1. The van der Waals surface area contributed by atoms with Crippen LogP contribution < -0.4 is 5.32 Å². The van der Waals surface area contributed by atoms with E-state index in [0.29, 0.717) is 23.6 Å². The number of hydrogen-bond donors (Lipinski definition) is 1. The van der Waals surface area contributed by atoms with Gasteiger partial charge in [0.05, 0.1) is 5.69 Å². The van der Waals surface area contributed by atoms with E-state index in [4.69, 9.17) is 13.8 Å². The molecule has 0 radical (unpaired) electrons. The van der Waals surface area contributed by atoms with Crippen molar-refractivity contribution >= 4 is 17.7 Å². The minimum absolute atomic E-state index is 0.229. The molecular formula is C16H21N3O5. The molecule has 1 atom stereocenters. The van der Waals surface area contributed by atoms with Crippen molar-refractivity contribution in [3.8, 4) is 0 Å². The molecule has 0 spiro atoms. The Morgan fingerprint density at radius 2 is 1.96 bits per heavy atom. The summed E-state index contributed by atoms with van der Waals surface area (Å²) in [4.78, 5) is 24.8. The molecule has 0 aliphatic heterocycles. The number of carbonyl (C=O) groups excluding carboxylic acids is 2. The van der Waals surface area contributed by atoms with Crippen LogP contribution >= 0.6 is 0 Å². The first-order chi connectivity index (χ1) is 11.3. The van der Waals surface area contributed by atoms with Crippen LogP contribution in [0.5, 0.6) is 0 Å². The predicted octanol–water partition coefficient (Wildman–Crippen LogP) is 2.66. The number of aromatic nitrogens is 2. The maximum absolute atomic E-state index is 12.4. The second kappa shape index (κ2) is 7.29. The standard InChI is InChI=1S/C16H21N3O5/c1-6-11-13(10(5)24-18-11)16(21)22-14(8(2)3)15(20)17-12-7-9(4)23-19-12/h7-8,14H,6H2,1-5H3,(H,17,19,20). The summed E-state index contributed by atoms with van der Waals surface area (Å²) in [5.74, 6) is -0.126. The number of aryl methyl sites for hydroxylation is 3. The highest BCUT2D eigenvalue weighted by Gasteiger charge is 2.30. The third-order valence-electron chi connectivity index (χ3n) is 3.45. The molecule has 130 valence electrons. The van der Waals surface area contributed by atoms with Crippen LogP contribution in [0.4, 0.5) is 5.82 Å². The summed E-state index contributed by atoms with van der Waals surface area (Å²) < 4.78 is 15.3. The SMILES string of the molecule is CCc1noc(C)c1C(=O)OC(C(=O)Nc1cc(C)on1)C(C)C. The minimum atomic E-state index is -0.978. The van der Waals surface area contributed by atoms with Gasteiger partial charge in [0.1, 0.15) is 17.1 Å². The lowest BCUT2D eigenvalue weighted by atomic mass is 10.1. The van der Waals surface area contributed by atoms with Gasteiger partial charge in [0, 0.05) is 6.07 Å². The van der Waals surface area contributed by atoms with E-state index < -0.39 is 18.0 Å². The van der Waals surface area contributed by atoms with Crippen molar-refractivity contribution < 1.29 is 23.4 Å². The van der Waals surface area contributed by atoms with E-state index in [1.165, 1.54) is 0 Å². The molecule has 0 saturated heterocycles. The fourth-order valence-corrected chi connectivity index (χ4v) is 2.21. The van der Waals surface area contributed by atoms with E-state index >= 15 is 0 Å². The highest BCUT2D eigenvalue weighted by atomic mass is 16.6. The van der Waals surface area contributed by atoms with Gasteiger partial charge in [-0.2, -0.15) is 0 Å². The maximum Gasteiger partial charge on any atom is 0.344 e. The monoisotopic (exact) mass is 335 g/mol. The summed E-state index contributed by atoms with van der Waals surface area (Å²) in [6.07, 6.45) is -0.452. The van der Waals surface area contributed by atoms with Crippen molar-refractivity contribution in [3.05, 3.63) is 28.8 Å². The molecule has 0 saturated carbocycles. The first-order valence-electron chi connectivity index (χ1n) is 7.73. The van der Waals surface area contributed by atoms with Gasteiger partial charge in [-0.1, -0.05) is 31.1 Å². The maximum atomic E-state index is 12.4. The fourth-order valence-electron chi connectivity index (χ4n) is 2.21. The lowest BCUT2D eigenvalue weighted by Gasteiger charge is -2.20. The van der Waals surface area contributed by atoms with Gasteiger partial charge in [-0.05, 0) is 26.2 Å². The fraction of sp³-hybridized carbons (Fsp3) is 0.500. The Morgan fingerprint density at radius 1 is 1.25 bits per heavy atom. The van der Waals surface area contributed by atoms with Gasteiger partial charge >= 0.3 is 5.97 Å². The van der Waals surface area contributed by atoms with E-state index in [2.05, 4.69) is 15.6 Å². The van der Waals surface area contributed by atoms with Crippen molar-refractivity contribution in [2.45, 2.75) is 47.1 Å². The van der Waals surface area contributed by atoms with Gasteiger partial charge in [0.15, 0.2) is 11.9 Å². The smallest absolute Gasteiger partial charge is 0.344 e. The van der Waals surface area contributed by atoms with Crippen LogP contribution in [0, 0.1) is 19.8 Å². The van der Waals surface area contributed by atoms with Crippen LogP contribution in [-0.4, -0.2) is 28.3 Å². The Labute approximate surface area is 139 Å². The normalized spacial score (nSPS) is 12.2.